The number of fused-ring (bicyclic) bond motifs is 8. The Morgan fingerprint density at radius 2 is 0.692 bits per heavy atom. The average molecular weight is 711 g/mol. The second-order valence-electron chi connectivity index (χ2n) is 15.9. The van der Waals surface area contributed by atoms with Crippen LogP contribution < -0.4 is 0 Å². The Balaban J connectivity index is 1.37. The molecule has 52 heavy (non-hydrogen) atoms. The van der Waals surface area contributed by atoms with Crippen LogP contribution in [-0.4, -0.2) is 69.5 Å². The highest BCUT2D eigenvalue weighted by atomic mass is 16.8. The molecule has 9 rings (SSSR count). The molecule has 9 heterocycles. The zero-order valence-corrected chi connectivity index (χ0v) is 30.9. The molecule has 0 unspecified atom stereocenters. The molecule has 0 aliphatic carbocycles. The van der Waals surface area contributed by atoms with Gasteiger partial charge in [0.25, 0.3) is 0 Å². The zero-order chi connectivity index (χ0) is 36.2. The van der Waals surface area contributed by atoms with Gasteiger partial charge >= 0.3 is 0 Å². The van der Waals surface area contributed by atoms with Crippen LogP contribution in [-0.2, 0) is 37.9 Å². The Morgan fingerprint density at radius 1 is 0.423 bits per heavy atom. The van der Waals surface area contributed by atoms with Gasteiger partial charge in [-0.05, 0) is 104 Å². The van der Waals surface area contributed by atoms with Gasteiger partial charge < -0.3 is 47.9 Å². The summed E-state index contributed by atoms with van der Waals surface area (Å²) in [5.74, 6) is -2.99. The van der Waals surface area contributed by atoms with E-state index < -0.39 is 29.3 Å². The highest BCUT2D eigenvalue weighted by Crippen LogP contribution is 2.43. The Bertz CT molecular complexity index is 2050. The van der Waals surface area contributed by atoms with E-state index in [0.717, 1.165) is 67.1 Å². The minimum absolute atomic E-state index is 0.351. The van der Waals surface area contributed by atoms with Crippen LogP contribution in [0.1, 0.15) is 125 Å². The van der Waals surface area contributed by atoms with Gasteiger partial charge in [0.05, 0.1) is 49.2 Å². The molecule has 4 saturated heterocycles. The molecule has 0 aromatic carbocycles. The molecule has 3 aromatic heterocycles. The van der Waals surface area contributed by atoms with Crippen molar-refractivity contribution >= 4 is 46.4 Å². The van der Waals surface area contributed by atoms with E-state index in [-0.39, 0.29) is 18.3 Å². The number of hydrogen-bond acceptors (Lipinski definition) is 10. The van der Waals surface area contributed by atoms with Crippen molar-refractivity contribution in [1.29, 1.82) is 0 Å². The Morgan fingerprint density at radius 3 is 1.00 bits per heavy atom. The molecular formula is C40H46N4O8. The van der Waals surface area contributed by atoms with E-state index in [0.29, 0.717) is 26.4 Å². The molecule has 12 heteroatoms. The van der Waals surface area contributed by atoms with E-state index in [1.807, 2.05) is 79.7 Å². The summed E-state index contributed by atoms with van der Waals surface area (Å²) in [7, 11) is 0. The summed E-state index contributed by atoms with van der Waals surface area (Å²) in [5.41, 5.74) is 10.1. The predicted octanol–water partition coefficient (Wildman–Crippen LogP) is 7.95. The third-order valence-electron chi connectivity index (χ3n) is 10.2. The van der Waals surface area contributed by atoms with Crippen LogP contribution in [0, 0.1) is 0 Å². The lowest BCUT2D eigenvalue weighted by Gasteiger charge is -2.18. The smallest absolute Gasteiger partial charge is 0.163 e. The molecule has 6 aliphatic heterocycles. The standard InChI is InChI=1S/C40H46N4O8/c1-37(2)45-17-29(49-37)33-21-9-11-23(41-21)34(30-18-46-38(3,4)50-30)25-13-15-27(43-25)36(32-20-48-40(7,8)52-32)28-16-14-26(44-28)35(24-12-10-22(33)42-24)31-19-47-39(5,6)51-31/h9-16,29-32,41-42H,17-20H2,1-8H3/t29-,30-,31-,32-/m1/s1. The molecule has 274 valence electrons. The van der Waals surface area contributed by atoms with E-state index in [1.54, 1.807) is 0 Å². The van der Waals surface area contributed by atoms with E-state index in [4.69, 9.17) is 47.9 Å². The molecule has 0 saturated carbocycles. The Labute approximate surface area is 302 Å². The molecule has 0 radical (unpaired) electrons. The summed E-state index contributed by atoms with van der Waals surface area (Å²) in [6, 6.07) is 8.31. The fourth-order valence-electron chi connectivity index (χ4n) is 7.97. The molecule has 3 aromatic rings. The lowest BCUT2D eigenvalue weighted by molar-refractivity contribution is -0.139. The van der Waals surface area contributed by atoms with Crippen molar-refractivity contribution in [3.05, 3.63) is 69.3 Å². The lowest BCUT2D eigenvalue weighted by atomic mass is 10.1. The number of aromatic nitrogens is 4. The number of nitrogens with one attached hydrogen (secondary N) is 2. The van der Waals surface area contributed by atoms with Crippen LogP contribution in [0.3, 0.4) is 0 Å². The summed E-state index contributed by atoms with van der Waals surface area (Å²) in [6.07, 6.45) is 6.62. The molecule has 12 nitrogen and oxygen atoms in total. The first-order valence-electron chi connectivity index (χ1n) is 18.1. The monoisotopic (exact) mass is 710 g/mol. The SMILES string of the molecule is CC1(C)OC[C@H](c2c3nc(c([C@H]4COC(C)(C)O4)c4ccc([nH]4)c([C@H]4COC(C)(C)O4)c4ccc([nH]4)c([C@H]4COC(C)(C)O4)c4nc2C=C4)C=C3)O1. The number of ether oxygens (including phenoxy) is 8. The van der Waals surface area contributed by atoms with Gasteiger partial charge in [-0.1, -0.05) is 0 Å². The number of nitrogens with zero attached hydrogens (tertiary/aromatic N) is 2. The van der Waals surface area contributed by atoms with Gasteiger partial charge in [0.1, 0.15) is 24.4 Å². The van der Waals surface area contributed by atoms with E-state index in [9.17, 15) is 0 Å². The molecule has 2 N–H and O–H groups in total. The van der Waals surface area contributed by atoms with Crippen molar-refractivity contribution < 1.29 is 37.9 Å². The van der Waals surface area contributed by atoms with Gasteiger partial charge in [-0.2, -0.15) is 0 Å². The Hall–Kier alpha value is -3.72. The topological polar surface area (TPSA) is 131 Å². The van der Waals surface area contributed by atoms with Crippen LogP contribution in [0.2, 0.25) is 0 Å². The summed E-state index contributed by atoms with van der Waals surface area (Å²) >= 11 is 0. The predicted molar refractivity (Wildman–Crippen MR) is 194 cm³/mol. The fraction of sp³-hybridized carbons (Fsp3) is 0.500. The van der Waals surface area contributed by atoms with Crippen molar-refractivity contribution in [1.82, 2.24) is 19.9 Å². The molecule has 4 atom stereocenters. The molecule has 6 aliphatic rings. The molecular weight excluding hydrogens is 664 g/mol. The largest absolute Gasteiger partial charge is 0.355 e. The first kappa shape index (κ1) is 34.1. The normalized spacial score (nSPS) is 28.3. The summed E-state index contributed by atoms with van der Waals surface area (Å²) < 4.78 is 50.3. The van der Waals surface area contributed by atoms with Gasteiger partial charge in [-0.3, -0.25) is 0 Å². The van der Waals surface area contributed by atoms with Gasteiger partial charge in [0.2, 0.25) is 0 Å². The average Bonchev–Trinajstić information content (AvgIpc) is 3.90. The summed E-state index contributed by atoms with van der Waals surface area (Å²) in [4.78, 5) is 18.0. The van der Waals surface area contributed by atoms with Gasteiger partial charge in [-0.25, -0.2) is 9.97 Å². The first-order valence-corrected chi connectivity index (χ1v) is 18.1. The van der Waals surface area contributed by atoms with Crippen molar-refractivity contribution in [3.63, 3.8) is 0 Å². The van der Waals surface area contributed by atoms with Crippen molar-refractivity contribution in [2.24, 2.45) is 0 Å². The maximum atomic E-state index is 6.50. The third kappa shape index (κ3) is 6.14. The van der Waals surface area contributed by atoms with Crippen LogP contribution in [0.25, 0.3) is 46.4 Å². The molecule has 0 spiro atoms. The molecule has 4 fully saturated rings. The van der Waals surface area contributed by atoms with Crippen LogP contribution in [0.15, 0.2) is 24.3 Å². The van der Waals surface area contributed by atoms with E-state index in [2.05, 4.69) is 34.2 Å². The van der Waals surface area contributed by atoms with Crippen molar-refractivity contribution in [2.45, 2.75) is 103 Å². The quantitative estimate of drug-likeness (QED) is 0.189. The summed E-state index contributed by atoms with van der Waals surface area (Å²) in [6.45, 7) is 17.0. The van der Waals surface area contributed by atoms with Crippen molar-refractivity contribution in [2.75, 3.05) is 26.4 Å². The van der Waals surface area contributed by atoms with Gasteiger partial charge in [0.15, 0.2) is 23.1 Å². The number of rotatable bonds is 4. The first-order chi connectivity index (χ1) is 24.6. The minimum atomic E-state index is -0.758. The van der Waals surface area contributed by atoms with Gasteiger partial charge in [-0.15, -0.1) is 0 Å². The molecule has 0 amide bonds. The Kier molecular flexibility index (Phi) is 7.79. The lowest BCUT2D eigenvalue weighted by Crippen LogP contribution is -2.20. The number of aromatic amines is 2. The number of H-pyrrole nitrogens is 2. The summed E-state index contributed by atoms with van der Waals surface area (Å²) in [5, 5.41) is 0. The van der Waals surface area contributed by atoms with Crippen LogP contribution in [0.4, 0.5) is 0 Å². The van der Waals surface area contributed by atoms with Crippen LogP contribution >= 0.6 is 0 Å². The fourth-order valence-corrected chi connectivity index (χ4v) is 7.97. The highest BCUT2D eigenvalue weighted by molar-refractivity contribution is 5.84. The number of hydrogen-bond donors (Lipinski definition) is 2. The van der Waals surface area contributed by atoms with E-state index >= 15 is 0 Å². The third-order valence-corrected chi connectivity index (χ3v) is 10.2. The second-order valence-corrected chi connectivity index (χ2v) is 15.9. The second kappa shape index (κ2) is 11.9. The molecule has 8 bridgehead atoms. The highest BCUT2D eigenvalue weighted by Gasteiger charge is 2.40. The zero-order valence-electron chi connectivity index (χ0n) is 30.9. The minimum Gasteiger partial charge on any atom is -0.355 e. The van der Waals surface area contributed by atoms with Gasteiger partial charge in [0, 0.05) is 44.3 Å². The maximum Gasteiger partial charge on any atom is 0.163 e. The van der Waals surface area contributed by atoms with Crippen LogP contribution in [0.5, 0.6) is 0 Å². The van der Waals surface area contributed by atoms with E-state index in [1.165, 1.54) is 0 Å². The maximum absolute atomic E-state index is 6.50. The van der Waals surface area contributed by atoms with Crippen molar-refractivity contribution in [3.8, 4) is 0 Å².